The van der Waals surface area contributed by atoms with Crippen LogP contribution in [0, 0.1) is 11.8 Å². The van der Waals surface area contributed by atoms with Crippen LogP contribution in [0.4, 0.5) is 0 Å². The van der Waals surface area contributed by atoms with Gasteiger partial charge in [-0.25, -0.2) is 0 Å². The molecule has 0 aliphatic heterocycles. The van der Waals surface area contributed by atoms with Gasteiger partial charge in [0.05, 0.1) is 5.92 Å². The molecule has 4 heteroatoms. The molecule has 0 spiro atoms. The van der Waals surface area contributed by atoms with Crippen molar-refractivity contribution in [3.05, 3.63) is 0 Å². The van der Waals surface area contributed by atoms with Crippen molar-refractivity contribution in [3.8, 4) is 0 Å². The van der Waals surface area contributed by atoms with Gasteiger partial charge in [-0.1, -0.05) is 6.92 Å². The number of hydrogen-bond donors (Lipinski definition) is 0. The van der Waals surface area contributed by atoms with Crippen LogP contribution in [-0.4, -0.2) is 15.9 Å². The lowest BCUT2D eigenvalue weighted by molar-refractivity contribution is -0.156. The molecule has 76 valence electrons. The summed E-state index contributed by atoms with van der Waals surface area (Å²) in [6.07, 6.45) is 0. The molecule has 2 nitrogen and oxygen atoms in total. The number of rotatable bonds is 1. The molecular weight excluding hydrogens is 211 g/mol. The van der Waals surface area contributed by atoms with Gasteiger partial charge in [0.25, 0.3) is 0 Å². The van der Waals surface area contributed by atoms with E-state index in [4.69, 9.17) is 27.9 Å². The molecule has 0 heterocycles. The predicted molar refractivity (Wildman–Crippen MR) is 52.9 cm³/mol. The van der Waals surface area contributed by atoms with Crippen LogP contribution in [0.3, 0.4) is 0 Å². The quantitative estimate of drug-likeness (QED) is 0.506. The van der Waals surface area contributed by atoms with Crippen molar-refractivity contribution in [2.75, 3.05) is 0 Å². The first-order chi connectivity index (χ1) is 5.66. The molecule has 0 aromatic heterocycles. The average Bonchev–Trinajstić information content (AvgIpc) is 2.27. The van der Waals surface area contributed by atoms with Crippen molar-refractivity contribution >= 4 is 29.2 Å². The molecule has 1 aliphatic rings. The Morgan fingerprint density at radius 2 is 1.77 bits per heavy atom. The third kappa shape index (κ3) is 2.29. The third-order valence-corrected chi connectivity index (χ3v) is 3.23. The summed E-state index contributed by atoms with van der Waals surface area (Å²) < 4.78 is 4.25. The van der Waals surface area contributed by atoms with E-state index in [0.717, 1.165) is 0 Å². The topological polar surface area (TPSA) is 26.3 Å². The van der Waals surface area contributed by atoms with Gasteiger partial charge in [0.2, 0.25) is 0 Å². The van der Waals surface area contributed by atoms with Crippen LogP contribution in [0.1, 0.15) is 27.7 Å². The summed E-state index contributed by atoms with van der Waals surface area (Å²) in [5, 5.41) is 0. The molecule has 1 rings (SSSR count). The summed E-state index contributed by atoms with van der Waals surface area (Å²) >= 11 is 11.7. The van der Waals surface area contributed by atoms with E-state index >= 15 is 0 Å². The monoisotopic (exact) mass is 224 g/mol. The van der Waals surface area contributed by atoms with Gasteiger partial charge in [0.15, 0.2) is 0 Å². The Morgan fingerprint density at radius 1 is 1.38 bits per heavy atom. The number of hydrogen-bond acceptors (Lipinski definition) is 2. The minimum Gasteiger partial charge on any atom is -0.460 e. The molecule has 0 N–H and O–H groups in total. The normalized spacial score (nSPS) is 31.2. The zero-order valence-corrected chi connectivity index (χ0v) is 9.74. The Balaban J connectivity index is 2.54. The third-order valence-electron chi connectivity index (χ3n) is 2.07. The van der Waals surface area contributed by atoms with Crippen molar-refractivity contribution < 1.29 is 9.53 Å². The van der Waals surface area contributed by atoms with Gasteiger partial charge < -0.3 is 4.74 Å². The van der Waals surface area contributed by atoms with Crippen molar-refractivity contribution in [1.82, 2.24) is 0 Å². The van der Waals surface area contributed by atoms with Crippen molar-refractivity contribution in [3.63, 3.8) is 0 Å². The number of carbonyl (C=O) groups excluding carboxylic acids is 1. The molecule has 0 aromatic rings. The molecule has 0 unspecified atom stereocenters. The fourth-order valence-corrected chi connectivity index (χ4v) is 1.89. The van der Waals surface area contributed by atoms with Crippen LogP contribution in [0.5, 0.6) is 0 Å². The SMILES string of the molecule is C[C@@H]1[C@@H](C(=O)OC(C)(C)C)C1(Cl)Cl. The van der Waals surface area contributed by atoms with Gasteiger partial charge in [-0.3, -0.25) is 4.79 Å². The van der Waals surface area contributed by atoms with Gasteiger partial charge in [0, 0.05) is 5.92 Å². The van der Waals surface area contributed by atoms with E-state index in [1.165, 1.54) is 0 Å². The van der Waals surface area contributed by atoms with Crippen LogP contribution < -0.4 is 0 Å². The number of esters is 1. The van der Waals surface area contributed by atoms with E-state index in [-0.39, 0.29) is 17.8 Å². The van der Waals surface area contributed by atoms with E-state index in [2.05, 4.69) is 0 Å². The van der Waals surface area contributed by atoms with Gasteiger partial charge in [0.1, 0.15) is 9.93 Å². The maximum Gasteiger partial charge on any atom is 0.312 e. The Hall–Kier alpha value is 0.0500. The van der Waals surface area contributed by atoms with E-state index in [9.17, 15) is 4.79 Å². The molecule has 0 saturated heterocycles. The highest BCUT2D eigenvalue weighted by Crippen LogP contribution is 2.59. The zero-order valence-electron chi connectivity index (χ0n) is 8.23. The molecule has 13 heavy (non-hydrogen) atoms. The standard InChI is InChI=1S/C9H14Cl2O2/c1-5-6(9(5,10)11)7(12)13-8(2,3)4/h5-6H,1-4H3/t5-,6+/m1/s1. The zero-order chi connectivity index (χ0) is 10.4. The minimum absolute atomic E-state index is 0.00863. The minimum atomic E-state index is -0.914. The fourth-order valence-electron chi connectivity index (χ4n) is 1.21. The maximum atomic E-state index is 11.5. The molecule has 0 amide bonds. The van der Waals surface area contributed by atoms with Crippen LogP contribution in [0.15, 0.2) is 0 Å². The van der Waals surface area contributed by atoms with Crippen LogP contribution in [-0.2, 0) is 9.53 Å². The summed E-state index contributed by atoms with van der Waals surface area (Å²) in [5.74, 6) is -0.675. The number of halogens is 2. The van der Waals surface area contributed by atoms with Crippen LogP contribution in [0.25, 0.3) is 0 Å². The highest BCUT2D eigenvalue weighted by atomic mass is 35.5. The predicted octanol–water partition coefficient (Wildman–Crippen LogP) is 2.77. The first kappa shape index (κ1) is 11.1. The van der Waals surface area contributed by atoms with E-state index < -0.39 is 9.93 Å². The van der Waals surface area contributed by atoms with Gasteiger partial charge >= 0.3 is 5.97 Å². The van der Waals surface area contributed by atoms with Crippen LogP contribution >= 0.6 is 23.2 Å². The molecule has 0 bridgehead atoms. The first-order valence-electron chi connectivity index (χ1n) is 4.27. The van der Waals surface area contributed by atoms with E-state index in [0.29, 0.717) is 0 Å². The van der Waals surface area contributed by atoms with E-state index in [1.807, 2.05) is 27.7 Å². The molecule has 2 atom stereocenters. The second-order valence-corrected chi connectivity index (χ2v) is 5.92. The number of carbonyl (C=O) groups is 1. The molecular formula is C9H14Cl2O2. The lowest BCUT2D eigenvalue weighted by Gasteiger charge is -2.19. The highest BCUT2D eigenvalue weighted by Gasteiger charge is 2.65. The second kappa shape index (κ2) is 3.03. The maximum absolute atomic E-state index is 11.5. The van der Waals surface area contributed by atoms with Gasteiger partial charge in [-0.15, -0.1) is 23.2 Å². The fraction of sp³-hybridized carbons (Fsp3) is 0.889. The lowest BCUT2D eigenvalue weighted by atomic mass is 10.2. The highest BCUT2D eigenvalue weighted by molar-refractivity contribution is 6.52. The summed E-state index contributed by atoms with van der Waals surface area (Å²) in [6.45, 7) is 7.31. The van der Waals surface area contributed by atoms with Crippen molar-refractivity contribution in [2.45, 2.75) is 37.6 Å². The summed E-state index contributed by atoms with van der Waals surface area (Å²) in [4.78, 5) is 11.5. The summed E-state index contributed by atoms with van der Waals surface area (Å²) in [7, 11) is 0. The molecule has 1 aliphatic carbocycles. The second-order valence-electron chi connectivity index (χ2n) is 4.47. The number of ether oxygens (including phenoxy) is 1. The Morgan fingerprint density at radius 3 is 2.00 bits per heavy atom. The Kier molecular flexibility index (Phi) is 2.59. The molecule has 1 fully saturated rings. The Bertz CT molecular complexity index is 230. The largest absolute Gasteiger partial charge is 0.460 e. The van der Waals surface area contributed by atoms with Crippen LogP contribution in [0.2, 0.25) is 0 Å². The number of alkyl halides is 2. The first-order valence-corrected chi connectivity index (χ1v) is 5.02. The van der Waals surface area contributed by atoms with Crippen molar-refractivity contribution in [1.29, 1.82) is 0 Å². The van der Waals surface area contributed by atoms with Gasteiger partial charge in [-0.05, 0) is 20.8 Å². The summed E-state index contributed by atoms with van der Waals surface area (Å²) in [5.41, 5.74) is -0.469. The lowest BCUT2D eigenvalue weighted by Crippen LogP contribution is -2.26. The molecule has 1 saturated carbocycles. The molecule has 0 radical (unpaired) electrons. The van der Waals surface area contributed by atoms with E-state index in [1.54, 1.807) is 0 Å². The Labute approximate surface area is 88.5 Å². The summed E-state index contributed by atoms with van der Waals surface area (Å²) in [6, 6.07) is 0. The van der Waals surface area contributed by atoms with Crippen molar-refractivity contribution in [2.24, 2.45) is 11.8 Å². The smallest absolute Gasteiger partial charge is 0.312 e. The average molecular weight is 225 g/mol. The molecule has 0 aromatic carbocycles. The van der Waals surface area contributed by atoms with Gasteiger partial charge in [-0.2, -0.15) is 0 Å².